The average Bonchev–Trinajstić information content (AvgIpc) is 3.25. The van der Waals surface area contributed by atoms with Crippen LogP contribution in [0.25, 0.3) is 33.6 Å². The van der Waals surface area contributed by atoms with Gasteiger partial charge in [-0.25, -0.2) is 14.4 Å². The maximum atomic E-state index is 16.1. The van der Waals surface area contributed by atoms with E-state index in [2.05, 4.69) is 23.6 Å². The highest BCUT2D eigenvalue weighted by Gasteiger charge is 2.39. The highest BCUT2D eigenvalue weighted by atomic mass is 19.1. The number of rotatable bonds is 7. The van der Waals surface area contributed by atoms with Gasteiger partial charge in [0, 0.05) is 61.4 Å². The molecule has 2 saturated heterocycles. The van der Waals surface area contributed by atoms with E-state index in [4.69, 9.17) is 20.4 Å². The molecule has 8 nitrogen and oxygen atoms in total. The summed E-state index contributed by atoms with van der Waals surface area (Å²) in [6.45, 7) is 7.50. The Morgan fingerprint density at radius 1 is 1.15 bits per heavy atom. The molecular weight excluding hydrogens is 507 g/mol. The Kier molecular flexibility index (Phi) is 6.39. The molecule has 3 fully saturated rings. The van der Waals surface area contributed by atoms with Crippen molar-refractivity contribution in [2.75, 3.05) is 19.8 Å². The van der Waals surface area contributed by atoms with Crippen LogP contribution in [0, 0.1) is 23.6 Å². The largest absolute Gasteiger partial charge is 0.381 e. The molecule has 4 aromatic rings. The fourth-order valence-corrected chi connectivity index (χ4v) is 6.69. The van der Waals surface area contributed by atoms with E-state index in [1.807, 2.05) is 23.8 Å². The molecule has 210 valence electrons. The van der Waals surface area contributed by atoms with Crippen LogP contribution in [0.1, 0.15) is 49.9 Å². The van der Waals surface area contributed by atoms with Crippen LogP contribution in [-0.4, -0.2) is 61.8 Å². The van der Waals surface area contributed by atoms with Crippen molar-refractivity contribution in [3.8, 4) is 11.5 Å². The number of benzene rings is 1. The molecule has 1 aromatic carbocycles. The third kappa shape index (κ3) is 4.30. The van der Waals surface area contributed by atoms with Crippen LogP contribution < -0.4 is 5.73 Å². The van der Waals surface area contributed by atoms with Gasteiger partial charge in [0.1, 0.15) is 17.0 Å². The van der Waals surface area contributed by atoms with Crippen molar-refractivity contribution in [3.05, 3.63) is 47.9 Å². The van der Waals surface area contributed by atoms with Gasteiger partial charge in [0.05, 0.1) is 17.8 Å². The molecule has 1 aliphatic carbocycles. The summed E-state index contributed by atoms with van der Waals surface area (Å²) in [5.74, 6) is 1.24. The predicted molar refractivity (Wildman–Crippen MR) is 152 cm³/mol. The lowest BCUT2D eigenvalue weighted by Gasteiger charge is -2.23. The minimum Gasteiger partial charge on any atom is -0.381 e. The summed E-state index contributed by atoms with van der Waals surface area (Å²) >= 11 is 0. The van der Waals surface area contributed by atoms with Gasteiger partial charge in [-0.1, -0.05) is 13.3 Å². The third-order valence-corrected chi connectivity index (χ3v) is 9.34. The van der Waals surface area contributed by atoms with E-state index >= 15 is 4.39 Å². The number of hydrogen-bond donors (Lipinski definition) is 1. The lowest BCUT2D eigenvalue weighted by molar-refractivity contribution is 0.0739. The molecule has 40 heavy (non-hydrogen) atoms. The monoisotopic (exact) mass is 544 g/mol. The Labute approximate surface area is 233 Å². The Morgan fingerprint density at radius 2 is 1.98 bits per heavy atom. The summed E-state index contributed by atoms with van der Waals surface area (Å²) < 4.78 is 26.0. The van der Waals surface area contributed by atoms with Gasteiger partial charge in [0.25, 0.3) is 5.91 Å². The molecule has 4 unspecified atom stereocenters. The normalized spacial score (nSPS) is 25.1. The fraction of sp³-hybridized carbons (Fsp3) is 0.516. The number of halogens is 1. The van der Waals surface area contributed by atoms with E-state index in [0.29, 0.717) is 54.6 Å². The molecule has 5 heterocycles. The number of nitrogens with two attached hydrogens (primary N) is 1. The first-order valence-corrected chi connectivity index (χ1v) is 14.7. The molecule has 9 heteroatoms. The van der Waals surface area contributed by atoms with Gasteiger partial charge in [0.2, 0.25) is 0 Å². The zero-order valence-electron chi connectivity index (χ0n) is 23.2. The van der Waals surface area contributed by atoms with Crippen LogP contribution in [0.2, 0.25) is 0 Å². The number of fused-ring (bicyclic) bond motifs is 2. The molecule has 1 saturated carbocycles. The Balaban J connectivity index is 1.36. The predicted octanol–water partition coefficient (Wildman–Crippen LogP) is 4.84. The number of hydrogen-bond acceptors (Lipinski definition) is 5. The van der Waals surface area contributed by atoms with Gasteiger partial charge >= 0.3 is 0 Å². The maximum absolute atomic E-state index is 16.1. The van der Waals surface area contributed by atoms with Crippen molar-refractivity contribution in [3.63, 3.8) is 0 Å². The molecule has 0 spiro atoms. The lowest BCUT2D eigenvalue weighted by Crippen LogP contribution is -2.41. The van der Waals surface area contributed by atoms with Gasteiger partial charge in [-0.15, -0.1) is 0 Å². The second kappa shape index (κ2) is 9.96. The summed E-state index contributed by atoms with van der Waals surface area (Å²) in [6.07, 6.45) is 6.07. The lowest BCUT2D eigenvalue weighted by atomic mass is 9.98. The summed E-state index contributed by atoms with van der Waals surface area (Å²) in [4.78, 5) is 25.2. The molecule has 0 radical (unpaired) electrons. The van der Waals surface area contributed by atoms with E-state index in [9.17, 15) is 4.79 Å². The fourth-order valence-electron chi connectivity index (χ4n) is 6.69. The molecule has 2 N–H and O–H groups in total. The quantitative estimate of drug-likeness (QED) is 0.360. The van der Waals surface area contributed by atoms with Crippen molar-refractivity contribution in [1.29, 1.82) is 0 Å². The Bertz CT molecular complexity index is 1580. The number of carbonyl (C=O) groups is 1. The minimum atomic E-state index is -0.426. The van der Waals surface area contributed by atoms with Crippen molar-refractivity contribution in [1.82, 2.24) is 24.0 Å². The van der Waals surface area contributed by atoms with Gasteiger partial charge in [-0.3, -0.25) is 4.79 Å². The first-order valence-electron chi connectivity index (χ1n) is 14.7. The number of ether oxygens (including phenoxy) is 1. The highest BCUT2D eigenvalue weighted by Crippen LogP contribution is 2.37. The standard InChI is InChI=1S/C31H37FN6O2/c1-3-21-16-36(18(2)27(21)33)31(39)23-11-24(32)28-25(12-23)35-30(38(28)15-20-8-10-40-17-20)26-13-22-5-4-9-34-29(22)37(26)14-19-6-7-19/h4-5,9,11-13,18-21,27H,3,6-8,10,14-17,33H2,1-2H3. The molecule has 0 bridgehead atoms. The third-order valence-electron chi connectivity index (χ3n) is 9.34. The molecule has 4 atom stereocenters. The van der Waals surface area contributed by atoms with Gasteiger partial charge in [-0.05, 0) is 68.4 Å². The van der Waals surface area contributed by atoms with Gasteiger partial charge < -0.3 is 24.5 Å². The average molecular weight is 545 g/mol. The molecular formula is C31H37FN6O2. The topological polar surface area (TPSA) is 91.2 Å². The van der Waals surface area contributed by atoms with E-state index in [-0.39, 0.29) is 29.8 Å². The first kappa shape index (κ1) is 25.7. The molecule has 3 aromatic heterocycles. The van der Waals surface area contributed by atoms with Crippen LogP contribution in [0.4, 0.5) is 4.39 Å². The zero-order valence-corrected chi connectivity index (χ0v) is 23.2. The van der Waals surface area contributed by atoms with Gasteiger partial charge in [0.15, 0.2) is 5.82 Å². The summed E-state index contributed by atoms with van der Waals surface area (Å²) in [6, 6.07) is 9.09. The number of pyridine rings is 1. The summed E-state index contributed by atoms with van der Waals surface area (Å²) in [5, 5.41) is 1.04. The molecule has 7 rings (SSSR count). The SMILES string of the molecule is CCC1CN(C(=O)c2cc(F)c3c(c2)nc(-c2cc4cccnc4n2CC2CC2)n3CC2CCOC2)C(C)C1N. The van der Waals surface area contributed by atoms with E-state index in [1.54, 1.807) is 11.0 Å². The summed E-state index contributed by atoms with van der Waals surface area (Å²) in [5.41, 5.74) is 9.53. The van der Waals surface area contributed by atoms with Crippen molar-refractivity contribution >= 4 is 28.0 Å². The number of imidazole rings is 1. The van der Waals surface area contributed by atoms with Crippen molar-refractivity contribution in [2.45, 2.75) is 64.7 Å². The second-order valence-electron chi connectivity index (χ2n) is 12.0. The van der Waals surface area contributed by atoms with E-state index in [1.165, 1.54) is 18.9 Å². The van der Waals surface area contributed by atoms with Gasteiger partial charge in [-0.2, -0.15) is 0 Å². The van der Waals surface area contributed by atoms with Crippen LogP contribution in [-0.2, 0) is 17.8 Å². The number of carbonyl (C=O) groups excluding carboxylic acids is 1. The van der Waals surface area contributed by atoms with Crippen LogP contribution in [0.5, 0.6) is 0 Å². The minimum absolute atomic E-state index is 0.0797. The number of aromatic nitrogens is 4. The van der Waals surface area contributed by atoms with Crippen LogP contribution >= 0.6 is 0 Å². The van der Waals surface area contributed by atoms with Crippen LogP contribution in [0.15, 0.2) is 36.5 Å². The van der Waals surface area contributed by atoms with Crippen molar-refractivity contribution < 1.29 is 13.9 Å². The smallest absolute Gasteiger partial charge is 0.254 e. The Morgan fingerprint density at radius 3 is 2.70 bits per heavy atom. The maximum Gasteiger partial charge on any atom is 0.254 e. The number of amides is 1. The Hall–Kier alpha value is -3.30. The van der Waals surface area contributed by atoms with Crippen molar-refractivity contribution in [2.24, 2.45) is 23.5 Å². The molecule has 3 aliphatic rings. The number of nitrogens with zero attached hydrogens (tertiary/aromatic N) is 5. The number of likely N-dealkylation sites (tertiary alicyclic amines) is 1. The first-order chi connectivity index (χ1) is 19.4. The van der Waals surface area contributed by atoms with E-state index < -0.39 is 5.82 Å². The molecule has 1 amide bonds. The van der Waals surface area contributed by atoms with E-state index in [0.717, 1.165) is 36.1 Å². The second-order valence-corrected chi connectivity index (χ2v) is 12.0. The molecule has 2 aliphatic heterocycles. The zero-order chi connectivity index (χ0) is 27.5. The highest BCUT2D eigenvalue weighted by molar-refractivity contribution is 5.98. The van der Waals surface area contributed by atoms with Crippen LogP contribution in [0.3, 0.4) is 0 Å². The summed E-state index contributed by atoms with van der Waals surface area (Å²) in [7, 11) is 0.